The van der Waals surface area contributed by atoms with Crippen LogP contribution in [-0.2, 0) is 0 Å². The van der Waals surface area contributed by atoms with Gasteiger partial charge in [-0.05, 0) is 45.4 Å². The van der Waals surface area contributed by atoms with Gasteiger partial charge in [0.1, 0.15) is 6.04 Å². The molecule has 0 bridgehead atoms. The van der Waals surface area contributed by atoms with Crippen molar-refractivity contribution in [2.24, 2.45) is 0 Å². The molecule has 0 amide bonds. The van der Waals surface area contributed by atoms with Crippen LogP contribution in [0.3, 0.4) is 0 Å². The van der Waals surface area contributed by atoms with Gasteiger partial charge in [-0.3, -0.25) is 9.80 Å². The molecule has 4 heteroatoms. The van der Waals surface area contributed by atoms with Crippen LogP contribution in [0.4, 0.5) is 0 Å². The number of nitrogens with zero attached hydrogens (tertiary/aromatic N) is 3. The summed E-state index contributed by atoms with van der Waals surface area (Å²) in [4.78, 5) is 5.08. The predicted octanol–water partition coefficient (Wildman–Crippen LogP) is 0.658. The van der Waals surface area contributed by atoms with E-state index >= 15 is 0 Å². The van der Waals surface area contributed by atoms with E-state index in [4.69, 9.17) is 5.26 Å². The van der Waals surface area contributed by atoms with E-state index in [2.05, 4.69) is 28.1 Å². The fourth-order valence-electron chi connectivity index (χ4n) is 3.04. The van der Waals surface area contributed by atoms with E-state index in [1.165, 1.54) is 32.4 Å². The van der Waals surface area contributed by atoms with Crippen molar-refractivity contribution >= 4 is 0 Å². The number of likely N-dealkylation sites (tertiary alicyclic amines) is 2. The van der Waals surface area contributed by atoms with E-state index < -0.39 is 0 Å². The minimum atomic E-state index is -0.00247. The average Bonchev–Trinajstić information content (AvgIpc) is 2.98. The molecule has 2 saturated heterocycles. The molecule has 17 heavy (non-hydrogen) atoms. The molecule has 2 fully saturated rings. The second-order valence-electron chi connectivity index (χ2n) is 5.18. The van der Waals surface area contributed by atoms with Crippen molar-refractivity contribution in [2.45, 2.75) is 38.3 Å². The molecule has 2 atom stereocenters. The summed E-state index contributed by atoms with van der Waals surface area (Å²) >= 11 is 0. The molecule has 96 valence electrons. The van der Waals surface area contributed by atoms with Crippen molar-refractivity contribution in [3.05, 3.63) is 0 Å². The van der Waals surface area contributed by atoms with Gasteiger partial charge >= 0.3 is 0 Å². The van der Waals surface area contributed by atoms with Crippen LogP contribution < -0.4 is 5.32 Å². The van der Waals surface area contributed by atoms with Gasteiger partial charge in [0.2, 0.25) is 0 Å². The lowest BCUT2D eigenvalue weighted by molar-refractivity contribution is 0.228. The first-order valence-electron chi connectivity index (χ1n) is 6.93. The van der Waals surface area contributed by atoms with Crippen LogP contribution in [0.15, 0.2) is 0 Å². The quantitative estimate of drug-likeness (QED) is 0.761. The molecule has 2 aliphatic rings. The van der Waals surface area contributed by atoms with Crippen LogP contribution in [0, 0.1) is 11.3 Å². The van der Waals surface area contributed by atoms with E-state index in [0.29, 0.717) is 0 Å². The minimum Gasteiger partial charge on any atom is -0.301 e. The molecule has 0 aromatic rings. The largest absolute Gasteiger partial charge is 0.301 e. The second kappa shape index (κ2) is 6.34. The Hall–Kier alpha value is -0.630. The van der Waals surface area contributed by atoms with Crippen molar-refractivity contribution in [1.82, 2.24) is 15.1 Å². The van der Waals surface area contributed by atoms with E-state index in [1.54, 1.807) is 0 Å². The van der Waals surface area contributed by atoms with Crippen LogP contribution in [0.25, 0.3) is 0 Å². The van der Waals surface area contributed by atoms with Crippen molar-refractivity contribution in [3.63, 3.8) is 0 Å². The summed E-state index contributed by atoms with van der Waals surface area (Å²) < 4.78 is 0. The number of nitrogens with one attached hydrogen (secondary N) is 1. The maximum absolute atomic E-state index is 9.05. The zero-order chi connectivity index (χ0) is 12.1. The normalized spacial score (nSPS) is 28.4. The lowest BCUT2D eigenvalue weighted by Gasteiger charge is -2.24. The molecular formula is C13H24N4. The topological polar surface area (TPSA) is 42.3 Å². The zero-order valence-corrected chi connectivity index (χ0v) is 10.9. The highest BCUT2D eigenvalue weighted by Crippen LogP contribution is 2.20. The fraction of sp³-hybridized carbons (Fsp3) is 0.923. The van der Waals surface area contributed by atoms with Crippen LogP contribution >= 0.6 is 0 Å². The monoisotopic (exact) mass is 236 g/mol. The third kappa shape index (κ3) is 3.41. The maximum Gasteiger partial charge on any atom is 0.108 e. The van der Waals surface area contributed by atoms with E-state index in [1.807, 2.05) is 0 Å². The van der Waals surface area contributed by atoms with Gasteiger partial charge in [0.05, 0.1) is 6.07 Å². The van der Waals surface area contributed by atoms with E-state index in [0.717, 1.165) is 32.2 Å². The molecule has 2 unspecified atom stereocenters. The Morgan fingerprint density at radius 2 is 2.12 bits per heavy atom. The van der Waals surface area contributed by atoms with Crippen LogP contribution in [0.2, 0.25) is 0 Å². The van der Waals surface area contributed by atoms with Gasteiger partial charge in [-0.1, -0.05) is 6.92 Å². The SMILES string of the molecule is CCNC(C#N)CN1CCC(N2CCCC2)C1. The van der Waals surface area contributed by atoms with Gasteiger partial charge in [0, 0.05) is 19.1 Å². The van der Waals surface area contributed by atoms with Gasteiger partial charge < -0.3 is 5.32 Å². The summed E-state index contributed by atoms with van der Waals surface area (Å²) in [5.41, 5.74) is 0. The third-order valence-corrected chi connectivity index (χ3v) is 3.95. The summed E-state index contributed by atoms with van der Waals surface area (Å²) in [5.74, 6) is 0. The standard InChI is InChI=1S/C13H24N4/c1-2-15-12(9-14)10-16-8-5-13(11-16)17-6-3-4-7-17/h12-13,15H,2-8,10-11H2,1H3. The number of rotatable bonds is 5. The molecule has 0 radical (unpaired) electrons. The number of nitriles is 1. The maximum atomic E-state index is 9.05. The number of hydrogen-bond acceptors (Lipinski definition) is 4. The Bertz CT molecular complexity index is 267. The van der Waals surface area contributed by atoms with Gasteiger partial charge in [-0.15, -0.1) is 0 Å². The highest BCUT2D eigenvalue weighted by Gasteiger charge is 2.29. The Morgan fingerprint density at radius 3 is 2.76 bits per heavy atom. The Labute approximate surface area is 105 Å². The molecule has 2 rings (SSSR count). The lowest BCUT2D eigenvalue weighted by Crippen LogP contribution is -2.41. The first-order valence-corrected chi connectivity index (χ1v) is 6.93. The van der Waals surface area contributed by atoms with Crippen LogP contribution in [0.1, 0.15) is 26.2 Å². The summed E-state index contributed by atoms with van der Waals surface area (Å²) in [7, 11) is 0. The Balaban J connectivity index is 1.75. The fourth-order valence-corrected chi connectivity index (χ4v) is 3.04. The summed E-state index contributed by atoms with van der Waals surface area (Å²) in [5, 5.41) is 12.3. The molecule has 0 aromatic heterocycles. The molecular weight excluding hydrogens is 212 g/mol. The van der Waals surface area contributed by atoms with Gasteiger partial charge in [0.15, 0.2) is 0 Å². The first-order chi connectivity index (χ1) is 8.33. The molecule has 2 heterocycles. The molecule has 1 N–H and O–H groups in total. The van der Waals surface area contributed by atoms with Gasteiger partial charge in [-0.2, -0.15) is 5.26 Å². The van der Waals surface area contributed by atoms with Gasteiger partial charge in [0.25, 0.3) is 0 Å². The van der Waals surface area contributed by atoms with Crippen molar-refractivity contribution < 1.29 is 0 Å². The Kier molecular flexibility index (Phi) is 4.78. The van der Waals surface area contributed by atoms with Crippen LogP contribution in [0.5, 0.6) is 0 Å². The summed E-state index contributed by atoms with van der Waals surface area (Å²) in [6.45, 7) is 8.70. The summed E-state index contributed by atoms with van der Waals surface area (Å²) in [6.07, 6.45) is 4.02. The molecule has 0 aliphatic carbocycles. The number of hydrogen-bond donors (Lipinski definition) is 1. The molecule has 0 spiro atoms. The molecule has 2 aliphatic heterocycles. The second-order valence-corrected chi connectivity index (χ2v) is 5.18. The zero-order valence-electron chi connectivity index (χ0n) is 10.9. The number of likely N-dealkylation sites (N-methyl/N-ethyl adjacent to an activating group) is 1. The van der Waals surface area contributed by atoms with E-state index in [9.17, 15) is 0 Å². The average molecular weight is 236 g/mol. The van der Waals surface area contributed by atoms with Gasteiger partial charge in [-0.25, -0.2) is 0 Å². The van der Waals surface area contributed by atoms with Crippen molar-refractivity contribution in [1.29, 1.82) is 5.26 Å². The predicted molar refractivity (Wildman–Crippen MR) is 68.7 cm³/mol. The highest BCUT2D eigenvalue weighted by molar-refractivity contribution is 4.94. The molecule has 0 saturated carbocycles. The smallest absolute Gasteiger partial charge is 0.108 e. The minimum absolute atomic E-state index is 0.00247. The highest BCUT2D eigenvalue weighted by atomic mass is 15.3. The van der Waals surface area contributed by atoms with E-state index in [-0.39, 0.29) is 6.04 Å². The Morgan fingerprint density at radius 1 is 1.35 bits per heavy atom. The lowest BCUT2D eigenvalue weighted by atomic mass is 10.2. The first kappa shape index (κ1) is 12.8. The van der Waals surface area contributed by atoms with Crippen LogP contribution in [-0.4, -0.2) is 61.2 Å². The third-order valence-electron chi connectivity index (χ3n) is 3.95. The summed E-state index contributed by atoms with van der Waals surface area (Å²) in [6, 6.07) is 3.09. The van der Waals surface area contributed by atoms with Crippen molar-refractivity contribution in [3.8, 4) is 6.07 Å². The van der Waals surface area contributed by atoms with Crippen molar-refractivity contribution in [2.75, 3.05) is 39.3 Å². The molecule has 4 nitrogen and oxygen atoms in total. The molecule has 0 aromatic carbocycles.